The number of nitrogens with zero attached hydrogens (tertiary/aromatic N) is 2. The molecule has 0 saturated carbocycles. The summed E-state index contributed by atoms with van der Waals surface area (Å²) < 4.78 is 5.67. The summed E-state index contributed by atoms with van der Waals surface area (Å²) in [5.74, 6) is 0.0583. The number of hydrogen-bond acceptors (Lipinski definition) is 5. The third-order valence-corrected chi connectivity index (χ3v) is 4.46. The van der Waals surface area contributed by atoms with E-state index in [1.54, 1.807) is 60.7 Å². The molecule has 1 amide bonds. The van der Waals surface area contributed by atoms with Crippen molar-refractivity contribution in [3.8, 4) is 11.8 Å². The van der Waals surface area contributed by atoms with Crippen LogP contribution in [-0.2, 0) is 11.4 Å². The number of rotatable bonds is 7. The minimum absolute atomic E-state index is 0.0216. The van der Waals surface area contributed by atoms with Crippen molar-refractivity contribution in [3.63, 3.8) is 0 Å². The van der Waals surface area contributed by atoms with Crippen LogP contribution in [0.5, 0.6) is 5.75 Å². The number of benzene rings is 3. The van der Waals surface area contributed by atoms with Crippen LogP contribution < -0.4 is 10.1 Å². The number of halogens is 1. The van der Waals surface area contributed by atoms with Gasteiger partial charge in [-0.05, 0) is 65.7 Å². The summed E-state index contributed by atoms with van der Waals surface area (Å²) in [6.07, 6.45) is 1.48. The lowest BCUT2D eigenvalue weighted by Gasteiger charge is -2.07. The van der Waals surface area contributed by atoms with Crippen molar-refractivity contribution in [2.75, 3.05) is 5.32 Å². The first-order valence-electron chi connectivity index (χ1n) is 9.09. The molecule has 1 N–H and O–H groups in total. The van der Waals surface area contributed by atoms with Crippen LogP contribution in [0.25, 0.3) is 6.08 Å². The van der Waals surface area contributed by atoms with Crippen LogP contribution >= 0.6 is 11.6 Å². The van der Waals surface area contributed by atoms with E-state index in [1.165, 1.54) is 18.2 Å². The van der Waals surface area contributed by atoms with Gasteiger partial charge in [-0.1, -0.05) is 23.7 Å². The average Bonchev–Trinajstić information content (AvgIpc) is 2.78. The van der Waals surface area contributed by atoms with Crippen molar-refractivity contribution in [1.29, 1.82) is 5.26 Å². The molecule has 154 valence electrons. The third-order valence-electron chi connectivity index (χ3n) is 4.21. The standard InChI is InChI=1S/C23H16ClN3O4/c24-19-5-7-20(8-6-19)26-23(28)18(14-25)13-16-3-11-22(12-4-16)31-15-17-1-9-21(10-2-17)27(29)30/h1-13H,15H2,(H,26,28)/b18-13-. The van der Waals surface area contributed by atoms with Gasteiger partial charge in [0.1, 0.15) is 24.0 Å². The Morgan fingerprint density at radius 2 is 1.71 bits per heavy atom. The zero-order chi connectivity index (χ0) is 22.2. The van der Waals surface area contributed by atoms with Gasteiger partial charge in [-0.25, -0.2) is 0 Å². The van der Waals surface area contributed by atoms with E-state index in [0.717, 1.165) is 5.56 Å². The van der Waals surface area contributed by atoms with Crippen LogP contribution in [-0.4, -0.2) is 10.8 Å². The van der Waals surface area contributed by atoms with Gasteiger partial charge in [-0.3, -0.25) is 14.9 Å². The van der Waals surface area contributed by atoms with E-state index in [-0.39, 0.29) is 17.9 Å². The average molecular weight is 434 g/mol. The van der Waals surface area contributed by atoms with E-state index in [9.17, 15) is 20.2 Å². The van der Waals surface area contributed by atoms with Crippen molar-refractivity contribution in [2.24, 2.45) is 0 Å². The highest BCUT2D eigenvalue weighted by Crippen LogP contribution is 2.19. The maximum absolute atomic E-state index is 12.3. The second-order valence-corrected chi connectivity index (χ2v) is 6.85. The second-order valence-electron chi connectivity index (χ2n) is 6.41. The molecule has 31 heavy (non-hydrogen) atoms. The smallest absolute Gasteiger partial charge is 0.269 e. The number of carbonyl (C=O) groups is 1. The van der Waals surface area contributed by atoms with Crippen molar-refractivity contribution in [2.45, 2.75) is 6.61 Å². The fourth-order valence-corrected chi connectivity index (χ4v) is 2.71. The van der Waals surface area contributed by atoms with Gasteiger partial charge in [0, 0.05) is 22.8 Å². The molecule has 3 aromatic carbocycles. The summed E-state index contributed by atoms with van der Waals surface area (Å²) in [6, 6.07) is 21.4. The largest absolute Gasteiger partial charge is 0.489 e. The molecule has 0 atom stereocenters. The van der Waals surface area contributed by atoms with Gasteiger partial charge >= 0.3 is 0 Å². The Kier molecular flexibility index (Phi) is 6.99. The van der Waals surface area contributed by atoms with E-state index in [0.29, 0.717) is 22.0 Å². The summed E-state index contributed by atoms with van der Waals surface area (Å²) in [4.78, 5) is 22.6. The third kappa shape index (κ3) is 6.16. The number of anilines is 1. The van der Waals surface area contributed by atoms with Crippen LogP contribution in [0.2, 0.25) is 5.02 Å². The molecule has 7 nitrogen and oxygen atoms in total. The number of nitro groups is 1. The molecule has 0 radical (unpaired) electrons. The fraction of sp³-hybridized carbons (Fsp3) is 0.0435. The monoisotopic (exact) mass is 433 g/mol. The molecule has 8 heteroatoms. The molecule has 0 unspecified atom stereocenters. The zero-order valence-electron chi connectivity index (χ0n) is 16.1. The maximum atomic E-state index is 12.3. The SMILES string of the molecule is N#C/C(=C/c1ccc(OCc2ccc([N+](=O)[O-])cc2)cc1)C(=O)Nc1ccc(Cl)cc1. The molecule has 0 aromatic heterocycles. The van der Waals surface area contributed by atoms with Gasteiger partial charge in [0.25, 0.3) is 11.6 Å². The van der Waals surface area contributed by atoms with Crippen LogP contribution in [0.3, 0.4) is 0 Å². The molecule has 0 fully saturated rings. The highest BCUT2D eigenvalue weighted by atomic mass is 35.5. The predicted octanol–water partition coefficient (Wildman–Crippen LogP) is 5.37. The van der Waals surface area contributed by atoms with Crippen LogP contribution in [0.4, 0.5) is 11.4 Å². The number of nitriles is 1. The number of non-ortho nitro benzene ring substituents is 1. The normalized spacial score (nSPS) is 10.8. The van der Waals surface area contributed by atoms with Crippen LogP contribution in [0.1, 0.15) is 11.1 Å². The Bertz CT molecular complexity index is 1150. The lowest BCUT2D eigenvalue weighted by atomic mass is 10.1. The van der Waals surface area contributed by atoms with E-state index >= 15 is 0 Å². The summed E-state index contributed by atoms with van der Waals surface area (Å²) in [7, 11) is 0. The number of hydrogen-bond donors (Lipinski definition) is 1. The Balaban J connectivity index is 1.61. The summed E-state index contributed by atoms with van der Waals surface area (Å²) in [5, 5.41) is 23.2. The Morgan fingerprint density at radius 3 is 2.29 bits per heavy atom. The number of ether oxygens (including phenoxy) is 1. The highest BCUT2D eigenvalue weighted by molar-refractivity contribution is 6.30. The van der Waals surface area contributed by atoms with Crippen molar-refractivity contribution < 1.29 is 14.5 Å². The van der Waals surface area contributed by atoms with Gasteiger partial charge in [-0.2, -0.15) is 5.26 Å². The lowest BCUT2D eigenvalue weighted by Crippen LogP contribution is -2.13. The van der Waals surface area contributed by atoms with E-state index in [1.807, 2.05) is 6.07 Å². The molecule has 3 aromatic rings. The Morgan fingerprint density at radius 1 is 1.06 bits per heavy atom. The summed E-state index contributed by atoms with van der Waals surface area (Å²) in [6.45, 7) is 0.250. The predicted molar refractivity (Wildman–Crippen MR) is 118 cm³/mol. The minimum Gasteiger partial charge on any atom is -0.489 e. The Labute approximate surface area is 183 Å². The molecular formula is C23H16ClN3O4. The quantitative estimate of drug-likeness (QED) is 0.233. The van der Waals surface area contributed by atoms with Gasteiger partial charge in [-0.15, -0.1) is 0 Å². The van der Waals surface area contributed by atoms with Gasteiger partial charge < -0.3 is 10.1 Å². The van der Waals surface area contributed by atoms with Crippen molar-refractivity contribution >= 4 is 35.0 Å². The number of nitro benzene ring substituents is 1. The van der Waals surface area contributed by atoms with Gasteiger partial charge in [0.2, 0.25) is 0 Å². The van der Waals surface area contributed by atoms with E-state index in [2.05, 4.69) is 5.32 Å². The maximum Gasteiger partial charge on any atom is 0.269 e. The molecule has 0 heterocycles. The summed E-state index contributed by atoms with van der Waals surface area (Å²) >= 11 is 5.82. The first kappa shape index (κ1) is 21.6. The molecule has 0 aliphatic carbocycles. The molecule has 0 aliphatic rings. The molecule has 0 spiro atoms. The molecule has 0 bridgehead atoms. The first-order valence-corrected chi connectivity index (χ1v) is 9.47. The molecule has 3 rings (SSSR count). The van der Waals surface area contributed by atoms with Crippen LogP contribution in [0.15, 0.2) is 78.4 Å². The highest BCUT2D eigenvalue weighted by Gasteiger charge is 2.10. The van der Waals surface area contributed by atoms with E-state index < -0.39 is 10.8 Å². The van der Waals surface area contributed by atoms with Crippen LogP contribution in [0, 0.1) is 21.4 Å². The lowest BCUT2D eigenvalue weighted by molar-refractivity contribution is -0.384. The molecule has 0 saturated heterocycles. The van der Waals surface area contributed by atoms with E-state index in [4.69, 9.17) is 16.3 Å². The molecule has 0 aliphatic heterocycles. The molecular weight excluding hydrogens is 418 g/mol. The summed E-state index contributed by atoms with van der Waals surface area (Å²) in [5.41, 5.74) is 1.96. The van der Waals surface area contributed by atoms with Crippen molar-refractivity contribution in [3.05, 3.63) is 105 Å². The number of amides is 1. The van der Waals surface area contributed by atoms with Crippen molar-refractivity contribution in [1.82, 2.24) is 0 Å². The Hall–Kier alpha value is -4.15. The van der Waals surface area contributed by atoms with Gasteiger partial charge in [0.05, 0.1) is 4.92 Å². The first-order chi connectivity index (χ1) is 14.9. The minimum atomic E-state index is -0.525. The van der Waals surface area contributed by atoms with Gasteiger partial charge in [0.15, 0.2) is 0 Å². The zero-order valence-corrected chi connectivity index (χ0v) is 16.9. The number of nitrogens with one attached hydrogen (secondary N) is 1. The number of carbonyl (C=O) groups excluding carboxylic acids is 1. The fourth-order valence-electron chi connectivity index (χ4n) is 2.59. The second kappa shape index (κ2) is 10.1. The topological polar surface area (TPSA) is 105 Å².